The molecule has 2 amide bonds. The van der Waals surface area contributed by atoms with Gasteiger partial charge in [0.05, 0.1) is 6.04 Å². The average Bonchev–Trinajstić information content (AvgIpc) is 3.13. The van der Waals surface area contributed by atoms with Gasteiger partial charge in [0.15, 0.2) is 0 Å². The number of halogens is 1. The molecule has 0 spiro atoms. The fourth-order valence-corrected chi connectivity index (χ4v) is 3.66. The van der Waals surface area contributed by atoms with E-state index in [1.807, 2.05) is 6.92 Å². The third kappa shape index (κ3) is 4.00. The minimum atomic E-state index is -0.422. The molecule has 2 atom stereocenters. The molecule has 6 nitrogen and oxygen atoms in total. The van der Waals surface area contributed by atoms with E-state index in [0.717, 1.165) is 11.1 Å². The number of rotatable bonds is 4. The number of carbonyl (C=O) groups excluding carboxylic acids is 2. The van der Waals surface area contributed by atoms with E-state index in [4.69, 9.17) is 0 Å². The second kappa shape index (κ2) is 7.67. The van der Waals surface area contributed by atoms with Crippen molar-refractivity contribution in [2.24, 2.45) is 0 Å². The van der Waals surface area contributed by atoms with Crippen LogP contribution < -0.4 is 10.7 Å². The van der Waals surface area contributed by atoms with Crippen LogP contribution in [0.4, 0.5) is 10.1 Å². The Labute approximate surface area is 169 Å². The zero-order valence-electron chi connectivity index (χ0n) is 16.4. The lowest BCUT2D eigenvalue weighted by Gasteiger charge is -2.31. The molecule has 0 saturated carbocycles. The Balaban J connectivity index is 1.41. The SMILES string of the molecule is Cc1ccc(C2CC3C(=O)N(CC(=O)Nc4cc(F)ccc4C)C=CN3N2)cc1. The highest BCUT2D eigenvalue weighted by Crippen LogP contribution is 2.30. The van der Waals surface area contributed by atoms with E-state index >= 15 is 0 Å². The molecule has 0 radical (unpaired) electrons. The number of benzene rings is 2. The van der Waals surface area contributed by atoms with Gasteiger partial charge in [0, 0.05) is 18.1 Å². The molecule has 2 aromatic carbocycles. The van der Waals surface area contributed by atoms with Gasteiger partial charge >= 0.3 is 0 Å². The molecule has 0 bridgehead atoms. The first-order valence-electron chi connectivity index (χ1n) is 9.56. The van der Waals surface area contributed by atoms with Crippen molar-refractivity contribution < 1.29 is 14.0 Å². The third-order valence-corrected chi connectivity index (χ3v) is 5.34. The maximum Gasteiger partial charge on any atom is 0.251 e. The Morgan fingerprint density at radius 3 is 2.69 bits per heavy atom. The van der Waals surface area contributed by atoms with Gasteiger partial charge in [0.1, 0.15) is 18.4 Å². The Morgan fingerprint density at radius 2 is 1.93 bits per heavy atom. The molecule has 2 aliphatic heterocycles. The number of fused-ring (bicyclic) bond motifs is 1. The number of carbonyl (C=O) groups is 2. The van der Waals surface area contributed by atoms with Gasteiger partial charge in [-0.05, 0) is 43.5 Å². The van der Waals surface area contributed by atoms with E-state index in [0.29, 0.717) is 12.1 Å². The number of hydrazine groups is 1. The van der Waals surface area contributed by atoms with Crippen molar-refractivity contribution in [3.05, 3.63) is 77.4 Å². The number of hydrogen-bond donors (Lipinski definition) is 2. The second-order valence-electron chi connectivity index (χ2n) is 7.52. The first kappa shape index (κ1) is 19.1. The van der Waals surface area contributed by atoms with Gasteiger partial charge in [-0.3, -0.25) is 9.59 Å². The highest BCUT2D eigenvalue weighted by molar-refractivity contribution is 5.96. The maximum atomic E-state index is 13.4. The molecule has 7 heteroatoms. The minimum Gasteiger partial charge on any atom is -0.324 e. The molecule has 150 valence electrons. The van der Waals surface area contributed by atoms with Crippen LogP contribution in [0.3, 0.4) is 0 Å². The fourth-order valence-electron chi connectivity index (χ4n) is 3.66. The number of amides is 2. The first-order valence-corrected chi connectivity index (χ1v) is 9.56. The van der Waals surface area contributed by atoms with Crippen LogP contribution in [0.1, 0.15) is 29.2 Å². The van der Waals surface area contributed by atoms with Gasteiger partial charge in [-0.1, -0.05) is 35.9 Å². The lowest BCUT2D eigenvalue weighted by atomic mass is 10.00. The standard InChI is InChI=1S/C22H23FN4O2/c1-14-3-6-16(7-4-14)19-12-20-22(29)26(9-10-27(20)25-19)13-21(28)24-18-11-17(23)8-5-15(18)2/h3-11,19-20,25H,12-13H2,1-2H3,(H,24,28). The molecule has 2 heterocycles. The Morgan fingerprint density at radius 1 is 1.17 bits per heavy atom. The zero-order valence-corrected chi connectivity index (χ0v) is 16.4. The molecular formula is C22H23FN4O2. The van der Waals surface area contributed by atoms with Crippen LogP contribution in [0.2, 0.25) is 0 Å². The largest absolute Gasteiger partial charge is 0.324 e. The van der Waals surface area contributed by atoms with E-state index in [1.165, 1.54) is 22.6 Å². The summed E-state index contributed by atoms with van der Waals surface area (Å²) in [6.45, 7) is 3.70. The summed E-state index contributed by atoms with van der Waals surface area (Å²) in [5, 5.41) is 4.49. The molecule has 2 unspecified atom stereocenters. The Bertz CT molecular complexity index is 973. The topological polar surface area (TPSA) is 64.7 Å². The van der Waals surface area contributed by atoms with Crippen molar-refractivity contribution in [1.29, 1.82) is 0 Å². The smallest absolute Gasteiger partial charge is 0.251 e. The molecule has 2 aliphatic rings. The monoisotopic (exact) mass is 394 g/mol. The van der Waals surface area contributed by atoms with E-state index in [1.54, 1.807) is 30.4 Å². The summed E-state index contributed by atoms with van der Waals surface area (Å²) in [5.41, 5.74) is 6.82. The highest BCUT2D eigenvalue weighted by atomic mass is 19.1. The quantitative estimate of drug-likeness (QED) is 0.837. The summed E-state index contributed by atoms with van der Waals surface area (Å²) in [6.07, 6.45) is 4.00. The summed E-state index contributed by atoms with van der Waals surface area (Å²) in [6, 6.07) is 12.1. The zero-order chi connectivity index (χ0) is 20.5. The summed E-state index contributed by atoms with van der Waals surface area (Å²) in [5.74, 6) is -0.929. The number of anilines is 1. The second-order valence-corrected chi connectivity index (χ2v) is 7.52. The van der Waals surface area contributed by atoms with Crippen LogP contribution in [0, 0.1) is 19.7 Å². The van der Waals surface area contributed by atoms with E-state index in [2.05, 4.69) is 35.0 Å². The lowest BCUT2D eigenvalue weighted by molar-refractivity contribution is -0.137. The van der Waals surface area contributed by atoms with E-state index < -0.39 is 5.82 Å². The number of nitrogens with one attached hydrogen (secondary N) is 2. The molecule has 4 rings (SSSR count). The highest BCUT2D eigenvalue weighted by Gasteiger charge is 2.40. The molecule has 1 fully saturated rings. The molecule has 29 heavy (non-hydrogen) atoms. The van der Waals surface area contributed by atoms with Crippen molar-refractivity contribution in [3.63, 3.8) is 0 Å². The maximum absolute atomic E-state index is 13.4. The third-order valence-electron chi connectivity index (χ3n) is 5.34. The number of hydrogen-bond acceptors (Lipinski definition) is 4. The minimum absolute atomic E-state index is 0.0397. The van der Waals surface area contributed by atoms with Gasteiger partial charge in [0.2, 0.25) is 5.91 Å². The van der Waals surface area contributed by atoms with Crippen LogP contribution >= 0.6 is 0 Å². The summed E-state index contributed by atoms with van der Waals surface area (Å²) >= 11 is 0. The van der Waals surface area contributed by atoms with Crippen LogP contribution in [0.15, 0.2) is 54.9 Å². The van der Waals surface area contributed by atoms with E-state index in [9.17, 15) is 14.0 Å². The van der Waals surface area contributed by atoms with Gasteiger partial charge < -0.3 is 15.2 Å². The first-order chi connectivity index (χ1) is 13.9. The van der Waals surface area contributed by atoms with Crippen molar-refractivity contribution >= 4 is 17.5 Å². The predicted octanol–water partition coefficient (Wildman–Crippen LogP) is 3.01. The number of aryl methyl sites for hydroxylation is 2. The average molecular weight is 394 g/mol. The Kier molecular flexibility index (Phi) is 5.07. The van der Waals surface area contributed by atoms with Gasteiger partial charge in [0.25, 0.3) is 5.91 Å². The van der Waals surface area contributed by atoms with Crippen molar-refractivity contribution in [2.75, 3.05) is 11.9 Å². The van der Waals surface area contributed by atoms with Crippen molar-refractivity contribution in [3.8, 4) is 0 Å². The van der Waals surface area contributed by atoms with Crippen molar-refractivity contribution in [2.45, 2.75) is 32.4 Å². The van der Waals surface area contributed by atoms with Gasteiger partial charge in [-0.15, -0.1) is 0 Å². The van der Waals surface area contributed by atoms with E-state index in [-0.39, 0.29) is 30.4 Å². The molecule has 1 saturated heterocycles. The number of nitrogens with zero attached hydrogens (tertiary/aromatic N) is 2. The summed E-state index contributed by atoms with van der Waals surface area (Å²) in [7, 11) is 0. The van der Waals surface area contributed by atoms with Crippen LogP contribution in [0.5, 0.6) is 0 Å². The summed E-state index contributed by atoms with van der Waals surface area (Å²) in [4.78, 5) is 26.7. The normalized spacial score (nSPS) is 20.7. The molecule has 2 N–H and O–H groups in total. The van der Waals surface area contributed by atoms with Crippen LogP contribution in [-0.2, 0) is 9.59 Å². The fraction of sp³-hybridized carbons (Fsp3) is 0.273. The Hall–Kier alpha value is -3.19. The lowest BCUT2D eigenvalue weighted by Crippen LogP contribution is -2.49. The molecule has 0 aliphatic carbocycles. The van der Waals surface area contributed by atoms with Crippen LogP contribution in [-0.4, -0.2) is 34.3 Å². The van der Waals surface area contributed by atoms with Crippen molar-refractivity contribution in [1.82, 2.24) is 15.3 Å². The van der Waals surface area contributed by atoms with Crippen LogP contribution in [0.25, 0.3) is 0 Å². The summed E-state index contributed by atoms with van der Waals surface area (Å²) < 4.78 is 13.4. The van der Waals surface area contributed by atoms with Gasteiger partial charge in [-0.25, -0.2) is 9.82 Å². The van der Waals surface area contributed by atoms with Gasteiger partial charge in [-0.2, -0.15) is 0 Å². The molecule has 2 aromatic rings. The molecule has 0 aromatic heterocycles. The molecular weight excluding hydrogens is 371 g/mol. The predicted molar refractivity (Wildman–Crippen MR) is 108 cm³/mol.